The Kier molecular flexibility index (Phi) is 5.78. The van der Waals surface area contributed by atoms with E-state index in [0.29, 0.717) is 6.54 Å². The van der Waals surface area contributed by atoms with E-state index in [9.17, 15) is 4.79 Å². The fourth-order valence-electron chi connectivity index (χ4n) is 3.14. The molecule has 1 amide bonds. The van der Waals surface area contributed by atoms with E-state index in [4.69, 9.17) is 0 Å². The maximum absolute atomic E-state index is 12.2. The van der Waals surface area contributed by atoms with Crippen LogP contribution in [0.15, 0.2) is 66.5 Å². The summed E-state index contributed by atoms with van der Waals surface area (Å²) < 4.78 is 1.94. The molecular weight excluding hydrogens is 296 g/mol. The van der Waals surface area contributed by atoms with Crippen molar-refractivity contribution in [2.45, 2.75) is 38.6 Å². The minimum Gasteiger partial charge on any atom is -0.350 e. The van der Waals surface area contributed by atoms with E-state index in [1.165, 1.54) is 31.3 Å². The zero-order chi connectivity index (χ0) is 16.6. The lowest BCUT2D eigenvalue weighted by Crippen LogP contribution is -2.42. The summed E-state index contributed by atoms with van der Waals surface area (Å²) in [6.07, 6.45) is 12.3. The van der Waals surface area contributed by atoms with Crippen LogP contribution < -0.4 is 9.88 Å². The van der Waals surface area contributed by atoms with Gasteiger partial charge in [0, 0.05) is 18.2 Å². The molecule has 0 atom stereocenters. The third kappa shape index (κ3) is 4.79. The van der Waals surface area contributed by atoms with Crippen molar-refractivity contribution in [2.24, 2.45) is 0 Å². The van der Waals surface area contributed by atoms with Crippen molar-refractivity contribution in [3.05, 3.63) is 66.5 Å². The van der Waals surface area contributed by atoms with Gasteiger partial charge in [0.1, 0.15) is 0 Å². The van der Waals surface area contributed by atoms with Crippen LogP contribution in [0.3, 0.4) is 0 Å². The Hall–Kier alpha value is -2.42. The Labute approximate surface area is 144 Å². The van der Waals surface area contributed by atoms with Crippen LogP contribution in [-0.4, -0.2) is 12.5 Å². The number of hydrogen-bond donors (Lipinski definition) is 1. The Bertz CT molecular complexity index is 707. The van der Waals surface area contributed by atoms with Crippen molar-refractivity contribution >= 4 is 5.91 Å². The summed E-state index contributed by atoms with van der Waals surface area (Å²) in [4.78, 5) is 12.2. The summed E-state index contributed by atoms with van der Waals surface area (Å²) in [5.74, 6) is 0.0709. The van der Waals surface area contributed by atoms with Crippen molar-refractivity contribution < 1.29 is 9.36 Å². The highest BCUT2D eigenvalue weighted by atomic mass is 16.1. The quantitative estimate of drug-likeness (QED) is 0.639. The maximum Gasteiger partial charge on any atom is 0.285 e. The first kappa shape index (κ1) is 16.4. The number of allylic oxidation sites excluding steroid dienone is 1. The zero-order valence-corrected chi connectivity index (χ0v) is 14.1. The van der Waals surface area contributed by atoms with Crippen LogP contribution in [0.1, 0.15) is 32.1 Å². The van der Waals surface area contributed by atoms with E-state index >= 15 is 0 Å². The fraction of sp³-hybridized carbons (Fsp3) is 0.333. The second kappa shape index (κ2) is 8.44. The second-order valence-corrected chi connectivity index (χ2v) is 6.34. The number of nitrogens with zero attached hydrogens (tertiary/aromatic N) is 1. The Morgan fingerprint density at radius 1 is 1.04 bits per heavy atom. The first-order valence-electron chi connectivity index (χ1n) is 8.80. The molecule has 0 aliphatic heterocycles. The molecule has 1 heterocycles. The standard InChI is InChI=1S/C21H24N2O/c24-21(22-14-13-18-8-3-1-4-9-18)17-23-15-7-12-20(16-23)19-10-5-2-6-11-19/h2,5-8,10-12,15-16H,1,3-4,9,13-14,17H2/p+1. The maximum atomic E-state index is 12.2. The molecule has 0 radical (unpaired) electrons. The number of pyridine rings is 1. The van der Waals surface area contributed by atoms with Gasteiger partial charge in [-0.15, -0.1) is 0 Å². The summed E-state index contributed by atoms with van der Waals surface area (Å²) in [5, 5.41) is 3.04. The van der Waals surface area contributed by atoms with Crippen LogP contribution in [0, 0.1) is 0 Å². The second-order valence-electron chi connectivity index (χ2n) is 6.34. The lowest BCUT2D eigenvalue weighted by atomic mass is 9.97. The van der Waals surface area contributed by atoms with Gasteiger partial charge in [-0.3, -0.25) is 4.79 Å². The molecule has 1 aliphatic rings. The summed E-state index contributed by atoms with van der Waals surface area (Å²) >= 11 is 0. The van der Waals surface area contributed by atoms with Crippen LogP contribution >= 0.6 is 0 Å². The van der Waals surface area contributed by atoms with Crippen LogP contribution in [0.4, 0.5) is 0 Å². The number of aromatic nitrogens is 1. The molecule has 0 unspecified atom stereocenters. The molecule has 3 nitrogen and oxygen atoms in total. The topological polar surface area (TPSA) is 33.0 Å². The van der Waals surface area contributed by atoms with Crippen molar-refractivity contribution in [3.8, 4) is 11.1 Å². The number of rotatable bonds is 6. The normalized spacial score (nSPS) is 14.1. The third-order valence-corrected chi connectivity index (χ3v) is 4.44. The molecule has 1 N–H and O–H groups in total. The first-order valence-corrected chi connectivity index (χ1v) is 8.80. The van der Waals surface area contributed by atoms with Gasteiger partial charge in [0.05, 0.1) is 0 Å². The van der Waals surface area contributed by atoms with Crippen molar-refractivity contribution in [3.63, 3.8) is 0 Å². The van der Waals surface area contributed by atoms with Gasteiger partial charge in [-0.2, -0.15) is 4.57 Å². The highest BCUT2D eigenvalue weighted by Crippen LogP contribution is 2.19. The minimum absolute atomic E-state index is 0.0709. The van der Waals surface area contributed by atoms with Gasteiger partial charge in [-0.1, -0.05) is 42.0 Å². The number of amides is 1. The molecule has 3 heteroatoms. The summed E-state index contributed by atoms with van der Waals surface area (Å²) in [6.45, 7) is 1.10. The Balaban J connectivity index is 1.52. The zero-order valence-electron chi connectivity index (χ0n) is 14.1. The fourth-order valence-corrected chi connectivity index (χ4v) is 3.14. The van der Waals surface area contributed by atoms with Gasteiger partial charge in [0.2, 0.25) is 6.54 Å². The SMILES string of the molecule is O=C(C[n+]1cccc(-c2ccccc2)c1)NCCC1=CCCCC1. The molecule has 0 bridgehead atoms. The average molecular weight is 321 g/mol. The molecule has 124 valence electrons. The number of hydrogen-bond acceptors (Lipinski definition) is 1. The molecule has 0 saturated heterocycles. The highest BCUT2D eigenvalue weighted by molar-refractivity contribution is 5.74. The molecule has 0 saturated carbocycles. The molecule has 1 aromatic carbocycles. The molecule has 2 aromatic rings. The molecular formula is C21H25N2O+. The van der Waals surface area contributed by atoms with Crippen LogP contribution in [0.5, 0.6) is 0 Å². The van der Waals surface area contributed by atoms with E-state index in [0.717, 1.165) is 24.1 Å². The van der Waals surface area contributed by atoms with Crippen molar-refractivity contribution in [1.82, 2.24) is 5.32 Å². The highest BCUT2D eigenvalue weighted by Gasteiger charge is 2.11. The van der Waals surface area contributed by atoms with Crippen LogP contribution in [-0.2, 0) is 11.3 Å². The van der Waals surface area contributed by atoms with Gasteiger partial charge in [0.15, 0.2) is 12.4 Å². The number of nitrogens with one attached hydrogen (secondary N) is 1. The van der Waals surface area contributed by atoms with Crippen molar-refractivity contribution in [2.75, 3.05) is 6.54 Å². The average Bonchev–Trinajstić information content (AvgIpc) is 2.63. The molecule has 0 spiro atoms. The number of carbonyl (C=O) groups excluding carboxylic acids is 1. The van der Waals surface area contributed by atoms with Crippen LogP contribution in [0.2, 0.25) is 0 Å². The van der Waals surface area contributed by atoms with Gasteiger partial charge in [0.25, 0.3) is 5.91 Å². The molecule has 24 heavy (non-hydrogen) atoms. The number of carbonyl (C=O) groups is 1. The first-order chi connectivity index (χ1) is 11.8. The smallest absolute Gasteiger partial charge is 0.285 e. The Morgan fingerprint density at radius 3 is 2.67 bits per heavy atom. The number of benzene rings is 1. The van der Waals surface area contributed by atoms with Gasteiger partial charge in [-0.05, 0) is 43.7 Å². The van der Waals surface area contributed by atoms with Gasteiger partial charge >= 0.3 is 0 Å². The van der Waals surface area contributed by atoms with E-state index in [-0.39, 0.29) is 5.91 Å². The lowest BCUT2D eigenvalue weighted by Gasteiger charge is -2.12. The minimum atomic E-state index is 0.0709. The summed E-state index contributed by atoms with van der Waals surface area (Å²) in [7, 11) is 0. The molecule has 1 aromatic heterocycles. The molecule has 1 aliphatic carbocycles. The summed E-state index contributed by atoms with van der Waals surface area (Å²) in [5.41, 5.74) is 3.79. The lowest BCUT2D eigenvalue weighted by molar-refractivity contribution is -0.684. The molecule has 0 fully saturated rings. The van der Waals surface area contributed by atoms with E-state index < -0.39 is 0 Å². The van der Waals surface area contributed by atoms with Gasteiger partial charge in [-0.25, -0.2) is 0 Å². The van der Waals surface area contributed by atoms with E-state index in [1.807, 2.05) is 41.2 Å². The van der Waals surface area contributed by atoms with Crippen LogP contribution in [0.25, 0.3) is 11.1 Å². The Morgan fingerprint density at radius 2 is 1.88 bits per heavy atom. The monoisotopic (exact) mass is 321 g/mol. The summed E-state index contributed by atoms with van der Waals surface area (Å²) in [6, 6.07) is 14.3. The van der Waals surface area contributed by atoms with E-state index in [2.05, 4.69) is 29.6 Å². The van der Waals surface area contributed by atoms with Crippen molar-refractivity contribution in [1.29, 1.82) is 0 Å². The van der Waals surface area contributed by atoms with Gasteiger partial charge < -0.3 is 5.32 Å². The van der Waals surface area contributed by atoms with E-state index in [1.54, 1.807) is 0 Å². The predicted octanol–water partition coefficient (Wildman–Crippen LogP) is 3.65. The predicted molar refractivity (Wildman–Crippen MR) is 96.3 cm³/mol. The largest absolute Gasteiger partial charge is 0.350 e. The molecule has 3 rings (SSSR count). The third-order valence-electron chi connectivity index (χ3n) is 4.44.